The van der Waals surface area contributed by atoms with Crippen LogP contribution in [0.5, 0.6) is 5.75 Å². The molecule has 3 nitrogen and oxygen atoms in total. The van der Waals surface area contributed by atoms with E-state index in [0.717, 1.165) is 0 Å². The normalized spacial score (nSPS) is 14.7. The highest BCUT2D eigenvalue weighted by molar-refractivity contribution is 7.84. The highest BCUT2D eigenvalue weighted by Gasteiger charge is 2.35. The van der Waals surface area contributed by atoms with Gasteiger partial charge in [-0.15, -0.1) is 6.58 Å². The van der Waals surface area contributed by atoms with E-state index >= 15 is 0 Å². The second-order valence-electron chi connectivity index (χ2n) is 6.51. The molecule has 1 aromatic rings. The van der Waals surface area contributed by atoms with Gasteiger partial charge in [-0.25, -0.2) is 8.93 Å². The maximum Gasteiger partial charge on any atom is 0.416 e. The molecule has 25 heavy (non-hydrogen) atoms. The molecule has 0 saturated heterocycles. The number of halogens is 3. The topological polar surface area (TPSA) is 38.3 Å². The van der Waals surface area contributed by atoms with Crippen molar-refractivity contribution in [2.75, 3.05) is 7.11 Å². The Balaban J connectivity index is 3.43. The van der Waals surface area contributed by atoms with E-state index < -0.39 is 33.5 Å². The largest absolute Gasteiger partial charge is 0.497 e. The molecule has 0 heterocycles. The Morgan fingerprint density at radius 3 is 2.40 bits per heavy atom. The van der Waals surface area contributed by atoms with Crippen LogP contribution in [0.3, 0.4) is 0 Å². The van der Waals surface area contributed by atoms with Crippen LogP contribution in [-0.4, -0.2) is 22.2 Å². The van der Waals surface area contributed by atoms with Crippen LogP contribution in [0.1, 0.15) is 44.4 Å². The molecule has 0 aromatic heterocycles. The zero-order chi connectivity index (χ0) is 19.4. The molecule has 0 aliphatic carbocycles. The Bertz CT molecular complexity index is 663. The average molecular weight is 375 g/mol. The maximum atomic E-state index is 13.2. The fourth-order valence-electron chi connectivity index (χ4n) is 2.09. The molecule has 0 saturated carbocycles. The van der Waals surface area contributed by atoms with E-state index in [4.69, 9.17) is 4.74 Å². The zero-order valence-corrected chi connectivity index (χ0v) is 15.7. The molecule has 7 heteroatoms. The lowest BCUT2D eigenvalue weighted by atomic mass is 9.93. The van der Waals surface area contributed by atoms with Crippen molar-refractivity contribution < 1.29 is 22.1 Å². The number of hydrogen-bond acceptors (Lipinski definition) is 2. The van der Waals surface area contributed by atoms with Crippen LogP contribution in [0.25, 0.3) is 5.57 Å². The standard InChI is InChI=1S/C18H24F3NO2S/c1-7-8-16(22-25(23)17(3,4)5)15-11-13(24-6)9-10-14(15)12(2)18(19,20)21/h7,9-11,16,22H,1-2,8H2,3-6H3/t16-,25?/m0/s1. The van der Waals surface area contributed by atoms with Gasteiger partial charge in [0.1, 0.15) is 5.75 Å². The molecule has 1 aromatic carbocycles. The summed E-state index contributed by atoms with van der Waals surface area (Å²) in [6.07, 6.45) is -2.70. The van der Waals surface area contributed by atoms with Crippen molar-refractivity contribution in [1.29, 1.82) is 0 Å². The Labute approximate surface area is 149 Å². The molecule has 0 fully saturated rings. The molecule has 0 bridgehead atoms. The first-order valence-corrected chi connectivity index (χ1v) is 8.80. The molecule has 1 N–H and O–H groups in total. The molecule has 0 spiro atoms. The second kappa shape index (κ2) is 8.19. The van der Waals surface area contributed by atoms with Gasteiger partial charge in [0.25, 0.3) is 0 Å². The summed E-state index contributed by atoms with van der Waals surface area (Å²) >= 11 is 0. The van der Waals surface area contributed by atoms with Crippen molar-refractivity contribution in [3.05, 3.63) is 48.6 Å². The minimum Gasteiger partial charge on any atom is -0.497 e. The Morgan fingerprint density at radius 2 is 1.96 bits per heavy atom. The lowest BCUT2D eigenvalue weighted by Gasteiger charge is -2.26. The lowest BCUT2D eigenvalue weighted by Crippen LogP contribution is -2.36. The highest BCUT2D eigenvalue weighted by atomic mass is 32.2. The summed E-state index contributed by atoms with van der Waals surface area (Å²) in [5, 5.41) is 0. The number of alkyl halides is 3. The predicted octanol–water partition coefficient (Wildman–Crippen LogP) is 4.94. The van der Waals surface area contributed by atoms with Gasteiger partial charge in [-0.1, -0.05) is 18.7 Å². The summed E-state index contributed by atoms with van der Waals surface area (Å²) in [6, 6.07) is 3.65. The number of nitrogens with one attached hydrogen (secondary N) is 1. The van der Waals surface area contributed by atoms with E-state index in [1.165, 1.54) is 25.3 Å². The summed E-state index contributed by atoms with van der Waals surface area (Å²) in [5.41, 5.74) is -0.694. The lowest BCUT2D eigenvalue weighted by molar-refractivity contribution is -0.0687. The van der Waals surface area contributed by atoms with Crippen LogP contribution in [0.4, 0.5) is 13.2 Å². The second-order valence-corrected chi connectivity index (χ2v) is 8.50. The van der Waals surface area contributed by atoms with Gasteiger partial charge < -0.3 is 4.74 Å². The first kappa shape index (κ1) is 21.4. The quantitative estimate of drug-likeness (QED) is 0.686. The first-order valence-electron chi connectivity index (χ1n) is 7.65. The van der Waals surface area contributed by atoms with Gasteiger partial charge in [-0.3, -0.25) is 0 Å². The van der Waals surface area contributed by atoms with Gasteiger partial charge in [0, 0.05) is 6.04 Å². The summed E-state index contributed by atoms with van der Waals surface area (Å²) < 4.78 is 59.4. The summed E-state index contributed by atoms with van der Waals surface area (Å²) in [6.45, 7) is 12.2. The van der Waals surface area contributed by atoms with Gasteiger partial charge in [-0.05, 0) is 50.5 Å². The summed E-state index contributed by atoms with van der Waals surface area (Å²) in [4.78, 5) is 0. The van der Waals surface area contributed by atoms with Crippen LogP contribution < -0.4 is 9.46 Å². The first-order chi connectivity index (χ1) is 11.4. The molecule has 1 unspecified atom stereocenters. The zero-order valence-electron chi connectivity index (χ0n) is 14.9. The molecule has 1 rings (SSSR count). The van der Waals surface area contributed by atoms with E-state index in [2.05, 4.69) is 17.9 Å². The molecular formula is C18H24F3NO2S. The fourth-order valence-corrected chi connectivity index (χ4v) is 2.93. The number of ether oxygens (including phenoxy) is 1. The number of rotatable bonds is 7. The van der Waals surface area contributed by atoms with Crippen molar-refractivity contribution in [3.63, 3.8) is 0 Å². The molecule has 0 radical (unpaired) electrons. The number of hydrogen-bond donors (Lipinski definition) is 1. The minimum atomic E-state index is -4.56. The summed E-state index contributed by atoms with van der Waals surface area (Å²) in [7, 11) is -0.0389. The molecule has 140 valence electrons. The molecule has 0 aliphatic heterocycles. The van der Waals surface area contributed by atoms with Crippen molar-refractivity contribution >= 4 is 16.6 Å². The van der Waals surface area contributed by atoms with Crippen LogP contribution in [0.15, 0.2) is 37.4 Å². The number of methoxy groups -OCH3 is 1. The van der Waals surface area contributed by atoms with E-state index in [9.17, 15) is 17.4 Å². The molecule has 2 atom stereocenters. The van der Waals surface area contributed by atoms with Crippen LogP contribution in [0, 0.1) is 0 Å². The third-order valence-corrected chi connectivity index (χ3v) is 5.12. The number of allylic oxidation sites excluding steroid dienone is 1. The average Bonchev–Trinajstić information content (AvgIpc) is 2.51. The van der Waals surface area contributed by atoms with E-state index in [0.29, 0.717) is 17.7 Å². The molecule has 0 amide bonds. The smallest absolute Gasteiger partial charge is 0.416 e. The summed E-state index contributed by atoms with van der Waals surface area (Å²) in [5.74, 6) is 0.408. The molecule has 0 aliphatic rings. The van der Waals surface area contributed by atoms with Crippen LogP contribution >= 0.6 is 0 Å². The molecular weight excluding hydrogens is 351 g/mol. The van der Waals surface area contributed by atoms with Gasteiger partial charge in [0.2, 0.25) is 0 Å². The van der Waals surface area contributed by atoms with Crippen molar-refractivity contribution in [2.24, 2.45) is 0 Å². The van der Waals surface area contributed by atoms with E-state index in [1.54, 1.807) is 26.8 Å². The Morgan fingerprint density at radius 1 is 1.36 bits per heavy atom. The minimum absolute atomic E-state index is 0.0569. The number of benzene rings is 1. The van der Waals surface area contributed by atoms with Crippen LogP contribution in [-0.2, 0) is 11.0 Å². The third-order valence-electron chi connectivity index (χ3n) is 3.51. The van der Waals surface area contributed by atoms with E-state index in [1.807, 2.05) is 0 Å². The van der Waals surface area contributed by atoms with Crippen LogP contribution in [0.2, 0.25) is 0 Å². The maximum absolute atomic E-state index is 13.2. The Hall–Kier alpha value is -1.60. The van der Waals surface area contributed by atoms with Crippen molar-refractivity contribution in [3.8, 4) is 5.75 Å². The Kier molecular flexibility index (Phi) is 7.02. The van der Waals surface area contributed by atoms with E-state index in [-0.39, 0.29) is 5.56 Å². The highest BCUT2D eigenvalue weighted by Crippen LogP contribution is 2.38. The van der Waals surface area contributed by atoms with Gasteiger partial charge in [0.05, 0.1) is 28.4 Å². The van der Waals surface area contributed by atoms with Crippen molar-refractivity contribution in [1.82, 2.24) is 4.72 Å². The van der Waals surface area contributed by atoms with Gasteiger partial charge in [0.15, 0.2) is 0 Å². The third kappa shape index (κ3) is 5.71. The fraction of sp³-hybridized carbons (Fsp3) is 0.444. The predicted molar refractivity (Wildman–Crippen MR) is 96.7 cm³/mol. The van der Waals surface area contributed by atoms with Crippen molar-refractivity contribution in [2.45, 2.75) is 44.2 Å². The SMILES string of the molecule is C=CC[C@H](NS(=O)C(C)(C)C)c1cc(OC)ccc1C(=C)C(F)(F)F. The van der Waals surface area contributed by atoms with Gasteiger partial charge in [-0.2, -0.15) is 13.2 Å². The van der Waals surface area contributed by atoms with Gasteiger partial charge >= 0.3 is 6.18 Å². The monoisotopic (exact) mass is 375 g/mol.